The van der Waals surface area contributed by atoms with Crippen LogP contribution >= 0.6 is 0 Å². The molecule has 0 amide bonds. The second kappa shape index (κ2) is 8.06. The molecule has 0 aliphatic heterocycles. The molecule has 0 N–H and O–H groups in total. The van der Waals surface area contributed by atoms with Crippen LogP contribution in [0.3, 0.4) is 0 Å². The van der Waals surface area contributed by atoms with E-state index in [2.05, 4.69) is 0 Å². The lowest BCUT2D eigenvalue weighted by Gasteiger charge is -2.18. The van der Waals surface area contributed by atoms with Gasteiger partial charge in [-0.3, -0.25) is 0 Å². The lowest BCUT2D eigenvalue weighted by molar-refractivity contribution is 1.67. The fourth-order valence-electron chi connectivity index (χ4n) is 5.75. The van der Waals surface area contributed by atoms with Crippen LogP contribution in [0.25, 0.3) is 97.7 Å². The summed E-state index contributed by atoms with van der Waals surface area (Å²) in [5, 5.41) is -5.88. The topological polar surface area (TPSA) is 0 Å². The standard InChI is InChI=1S/C42H24/c1-2-10-33-31(5-1)23-32(34-19-15-29-13-11-25-6-3-8-27-17-21-36(34)41(29)39(25)27)24-38(33)35-20-16-30-14-12-26-7-4-9-28-18-22-37(35)42(30)40(26)28/h1-24H/i1D,2D,3D,4D,5D,6D,7D,8D,9D,10D,11D,12D,13D,14D,15D,16D,17D,18D,19D,20D,21D,22D,23D,24D. The van der Waals surface area contributed by atoms with Crippen molar-refractivity contribution in [3.05, 3.63) is 145 Å². The summed E-state index contributed by atoms with van der Waals surface area (Å²) in [5.74, 6) is 0. The number of fused-ring (bicyclic) bond motifs is 1. The molecule has 10 aromatic carbocycles. The number of rotatable bonds is 2. The van der Waals surface area contributed by atoms with Crippen molar-refractivity contribution in [3.63, 3.8) is 0 Å². The van der Waals surface area contributed by atoms with E-state index in [4.69, 9.17) is 20.6 Å². The Kier molecular flexibility index (Phi) is 1.83. The molecule has 0 saturated carbocycles. The van der Waals surface area contributed by atoms with Crippen LogP contribution in [-0.2, 0) is 0 Å². The highest BCUT2D eigenvalue weighted by atomic mass is 14.2. The van der Waals surface area contributed by atoms with Crippen LogP contribution in [0.4, 0.5) is 0 Å². The summed E-state index contributed by atoms with van der Waals surface area (Å²) in [4.78, 5) is 0. The molecule has 0 aromatic heterocycles. The molecule has 42 heavy (non-hydrogen) atoms. The zero-order chi connectivity index (χ0) is 48.2. The molecule has 10 aromatic rings. The molecule has 0 unspecified atom stereocenters. The summed E-state index contributed by atoms with van der Waals surface area (Å²) in [7, 11) is 0. The van der Waals surface area contributed by atoms with Gasteiger partial charge in [0.05, 0.1) is 32.9 Å². The van der Waals surface area contributed by atoms with Gasteiger partial charge in [0.2, 0.25) is 0 Å². The van der Waals surface area contributed by atoms with Gasteiger partial charge in [-0.2, -0.15) is 0 Å². The highest BCUT2D eigenvalue weighted by Gasteiger charge is 2.17. The monoisotopic (exact) mass is 552 g/mol. The van der Waals surface area contributed by atoms with Crippen LogP contribution in [0, 0.1) is 0 Å². The maximum atomic E-state index is 10.1. The maximum Gasteiger partial charge on any atom is 0.0636 e. The number of benzene rings is 10. The van der Waals surface area contributed by atoms with Crippen molar-refractivity contribution in [2.45, 2.75) is 0 Å². The first-order chi connectivity index (χ1) is 30.9. The third-order valence-corrected chi connectivity index (χ3v) is 7.56. The second-order valence-electron chi connectivity index (χ2n) is 9.75. The van der Waals surface area contributed by atoms with Crippen LogP contribution in [0.1, 0.15) is 32.9 Å². The highest BCUT2D eigenvalue weighted by molar-refractivity contribution is 6.27. The normalized spacial score (nSPS) is 20.3. The zero-order valence-corrected chi connectivity index (χ0v) is 21.0. The molecular weight excluding hydrogens is 504 g/mol. The van der Waals surface area contributed by atoms with Gasteiger partial charge in [0.1, 0.15) is 0 Å². The molecular formula is C42H24. The molecule has 0 fully saturated rings. The van der Waals surface area contributed by atoms with Gasteiger partial charge in [-0.1, -0.05) is 133 Å². The largest absolute Gasteiger partial charge is 0.0636 e. The average Bonchev–Trinajstić information content (AvgIpc) is 3.27. The summed E-state index contributed by atoms with van der Waals surface area (Å²) in [5.41, 5.74) is -2.72. The minimum atomic E-state index is -0.952. The predicted molar refractivity (Wildman–Crippen MR) is 182 cm³/mol. The van der Waals surface area contributed by atoms with E-state index in [0.29, 0.717) is 0 Å². The van der Waals surface area contributed by atoms with Crippen LogP contribution in [0.2, 0.25) is 0 Å². The lowest BCUT2D eigenvalue weighted by atomic mass is 9.85. The van der Waals surface area contributed by atoms with Crippen molar-refractivity contribution >= 4 is 75.4 Å². The predicted octanol–water partition coefficient (Wildman–Crippen LogP) is 12.0. The minimum Gasteiger partial charge on any atom is -0.0616 e. The van der Waals surface area contributed by atoms with Gasteiger partial charge in [-0.15, -0.1) is 0 Å². The van der Waals surface area contributed by atoms with E-state index in [-0.39, 0.29) is 21.5 Å². The van der Waals surface area contributed by atoms with Crippen molar-refractivity contribution < 1.29 is 32.9 Å². The van der Waals surface area contributed by atoms with Crippen molar-refractivity contribution in [2.75, 3.05) is 0 Å². The molecule has 0 bridgehead atoms. The van der Waals surface area contributed by atoms with E-state index in [0.717, 1.165) is 0 Å². The molecule has 0 heterocycles. The van der Waals surface area contributed by atoms with E-state index < -0.39 is 221 Å². The van der Waals surface area contributed by atoms with Gasteiger partial charge in [-0.05, 0) is 110 Å². The molecule has 0 spiro atoms. The quantitative estimate of drug-likeness (QED) is 0.187. The second-order valence-corrected chi connectivity index (χ2v) is 9.75. The molecule has 0 atom stereocenters. The molecule has 10 rings (SSSR count). The molecule has 0 aliphatic rings. The first kappa shape index (κ1) is 9.54. The molecule has 0 radical (unpaired) electrons. The summed E-state index contributed by atoms with van der Waals surface area (Å²) >= 11 is 0. The van der Waals surface area contributed by atoms with Gasteiger partial charge >= 0.3 is 0 Å². The SMILES string of the molecule is [2H]c1c([2H])c([2H])c2c(-c3c([2H])c([2H])c4c([2H])c([2H])c5c([2H])c([2H])c([2H])c6c([2H])c([2H])c3c4c56)c([2H])c(-c3c([2H])c([2H])c4c([2H])c([2H])c5c([2H])c([2H])c([2H])c6c([2H])c([2H])c3c4c56)c([2H])c2c1[2H]. The Hall–Kier alpha value is -5.46. The van der Waals surface area contributed by atoms with Gasteiger partial charge in [0.25, 0.3) is 0 Å². The summed E-state index contributed by atoms with van der Waals surface area (Å²) < 4.78 is 218. The Labute approximate surface area is 276 Å². The minimum absolute atomic E-state index is 0.261. The van der Waals surface area contributed by atoms with Crippen molar-refractivity contribution in [2.24, 2.45) is 0 Å². The van der Waals surface area contributed by atoms with E-state index in [1.54, 1.807) is 0 Å². The van der Waals surface area contributed by atoms with E-state index in [9.17, 15) is 12.3 Å². The molecule has 0 saturated heterocycles. The molecule has 0 nitrogen and oxygen atoms in total. The van der Waals surface area contributed by atoms with Crippen molar-refractivity contribution in [1.29, 1.82) is 0 Å². The third kappa shape index (κ3) is 2.91. The van der Waals surface area contributed by atoms with Crippen molar-refractivity contribution in [3.8, 4) is 22.3 Å². The first-order valence-corrected chi connectivity index (χ1v) is 12.8. The van der Waals surface area contributed by atoms with E-state index in [1.165, 1.54) is 0 Å². The average molecular weight is 553 g/mol. The summed E-state index contributed by atoms with van der Waals surface area (Å²) in [6.07, 6.45) is 0. The Morgan fingerprint density at radius 2 is 0.738 bits per heavy atom. The Morgan fingerprint density at radius 1 is 0.286 bits per heavy atom. The first-order valence-electron chi connectivity index (χ1n) is 24.8. The summed E-state index contributed by atoms with van der Waals surface area (Å²) in [6, 6.07) is -19.0. The smallest absolute Gasteiger partial charge is 0.0616 e. The van der Waals surface area contributed by atoms with Crippen LogP contribution in [-0.4, -0.2) is 0 Å². The fraction of sp³-hybridized carbons (Fsp3) is 0. The Bertz CT molecular complexity index is 3970. The van der Waals surface area contributed by atoms with Gasteiger partial charge in [0.15, 0.2) is 0 Å². The van der Waals surface area contributed by atoms with E-state index in [1.807, 2.05) is 0 Å². The van der Waals surface area contributed by atoms with E-state index >= 15 is 0 Å². The lowest BCUT2D eigenvalue weighted by Crippen LogP contribution is -1.91. The molecule has 0 heteroatoms. The maximum absolute atomic E-state index is 10.1. The summed E-state index contributed by atoms with van der Waals surface area (Å²) in [6.45, 7) is 0. The fourth-order valence-corrected chi connectivity index (χ4v) is 5.75. The van der Waals surface area contributed by atoms with Gasteiger partial charge < -0.3 is 0 Å². The Balaban J connectivity index is 1.55. The third-order valence-electron chi connectivity index (χ3n) is 7.56. The molecule has 0 aliphatic carbocycles. The van der Waals surface area contributed by atoms with Gasteiger partial charge in [0, 0.05) is 0 Å². The number of hydrogen-bond donors (Lipinski definition) is 0. The van der Waals surface area contributed by atoms with Crippen molar-refractivity contribution in [1.82, 2.24) is 0 Å². The van der Waals surface area contributed by atoms with Gasteiger partial charge in [-0.25, -0.2) is 0 Å². The highest BCUT2D eigenvalue weighted by Crippen LogP contribution is 2.44. The van der Waals surface area contributed by atoms with Crippen LogP contribution in [0.5, 0.6) is 0 Å². The van der Waals surface area contributed by atoms with Crippen LogP contribution in [0.15, 0.2) is 145 Å². The number of hydrogen-bond acceptors (Lipinski definition) is 0. The Morgan fingerprint density at radius 3 is 1.36 bits per heavy atom. The molecule has 192 valence electrons. The zero-order valence-electron chi connectivity index (χ0n) is 45.0. The van der Waals surface area contributed by atoms with Crippen LogP contribution < -0.4 is 0 Å².